The van der Waals surface area contributed by atoms with Crippen molar-refractivity contribution >= 4 is 23.2 Å². The maximum Gasteiger partial charge on any atom is 0.255 e. The summed E-state index contributed by atoms with van der Waals surface area (Å²) in [7, 11) is 0. The van der Waals surface area contributed by atoms with E-state index in [4.69, 9.17) is 25.8 Å². The highest BCUT2D eigenvalue weighted by Crippen LogP contribution is 2.40. The second-order valence-electron chi connectivity index (χ2n) is 4.58. The zero-order chi connectivity index (χ0) is 15.5. The summed E-state index contributed by atoms with van der Waals surface area (Å²) >= 11 is 6.09. The van der Waals surface area contributed by atoms with Gasteiger partial charge >= 0.3 is 0 Å². The molecule has 0 fully saturated rings. The molecular formula is C16H14ClNO4. The number of carbonyl (C=O) groups excluding carboxylic acids is 1. The first kappa shape index (κ1) is 14.5. The number of amides is 1. The van der Waals surface area contributed by atoms with Gasteiger partial charge in [-0.3, -0.25) is 4.79 Å². The van der Waals surface area contributed by atoms with Crippen molar-refractivity contribution in [2.45, 2.75) is 6.92 Å². The van der Waals surface area contributed by atoms with E-state index in [9.17, 15) is 4.79 Å². The van der Waals surface area contributed by atoms with E-state index in [1.807, 2.05) is 19.1 Å². The van der Waals surface area contributed by atoms with Crippen LogP contribution in [0.2, 0.25) is 5.02 Å². The number of anilines is 1. The molecule has 0 unspecified atom stereocenters. The maximum absolute atomic E-state index is 12.4. The van der Waals surface area contributed by atoms with Crippen LogP contribution in [0.25, 0.3) is 0 Å². The monoisotopic (exact) mass is 319 g/mol. The van der Waals surface area contributed by atoms with Crippen LogP contribution < -0.4 is 19.5 Å². The lowest BCUT2D eigenvalue weighted by Gasteiger charge is -2.11. The summed E-state index contributed by atoms with van der Waals surface area (Å²) in [5, 5.41) is 3.16. The summed E-state index contributed by atoms with van der Waals surface area (Å²) in [6.07, 6.45) is 0. The van der Waals surface area contributed by atoms with Gasteiger partial charge in [-0.05, 0) is 31.2 Å². The van der Waals surface area contributed by atoms with E-state index < -0.39 is 0 Å². The number of ether oxygens (including phenoxy) is 3. The molecule has 1 aliphatic rings. The lowest BCUT2D eigenvalue weighted by Crippen LogP contribution is -2.13. The molecule has 5 nitrogen and oxygen atoms in total. The highest BCUT2D eigenvalue weighted by Gasteiger charge is 2.21. The molecule has 0 bridgehead atoms. The quantitative estimate of drug-likeness (QED) is 0.933. The van der Waals surface area contributed by atoms with Crippen molar-refractivity contribution in [3.63, 3.8) is 0 Å². The van der Waals surface area contributed by atoms with Gasteiger partial charge in [0.25, 0.3) is 5.91 Å². The molecule has 1 amide bonds. The molecule has 6 heteroatoms. The topological polar surface area (TPSA) is 56.8 Å². The van der Waals surface area contributed by atoms with E-state index in [1.165, 1.54) is 0 Å². The smallest absolute Gasteiger partial charge is 0.255 e. The molecule has 114 valence electrons. The van der Waals surface area contributed by atoms with Gasteiger partial charge in [-0.2, -0.15) is 0 Å². The van der Waals surface area contributed by atoms with E-state index in [0.29, 0.717) is 40.1 Å². The molecule has 22 heavy (non-hydrogen) atoms. The summed E-state index contributed by atoms with van der Waals surface area (Å²) in [5.74, 6) is 1.25. The van der Waals surface area contributed by atoms with E-state index in [1.54, 1.807) is 24.3 Å². The van der Waals surface area contributed by atoms with Crippen LogP contribution in [0, 0.1) is 0 Å². The molecule has 0 saturated carbocycles. The number of benzene rings is 2. The van der Waals surface area contributed by atoms with Crippen molar-refractivity contribution in [3.05, 3.63) is 47.0 Å². The molecule has 0 spiro atoms. The Labute approximate surface area is 132 Å². The fraction of sp³-hybridized carbons (Fsp3) is 0.188. The molecule has 1 heterocycles. The molecule has 1 N–H and O–H groups in total. The van der Waals surface area contributed by atoms with Crippen LogP contribution in [0.4, 0.5) is 5.69 Å². The Hall–Kier alpha value is -2.40. The third-order valence-corrected chi connectivity index (χ3v) is 3.41. The Morgan fingerprint density at radius 1 is 1.32 bits per heavy atom. The van der Waals surface area contributed by atoms with Gasteiger partial charge in [0, 0.05) is 5.56 Å². The summed E-state index contributed by atoms with van der Waals surface area (Å²) in [4.78, 5) is 12.4. The first-order chi connectivity index (χ1) is 10.7. The summed E-state index contributed by atoms with van der Waals surface area (Å²) in [6, 6.07) is 10.4. The molecule has 0 saturated heterocycles. The van der Waals surface area contributed by atoms with Gasteiger partial charge in [-0.15, -0.1) is 0 Å². The van der Waals surface area contributed by atoms with Crippen LogP contribution in [0.1, 0.15) is 17.3 Å². The average molecular weight is 320 g/mol. The van der Waals surface area contributed by atoms with Crippen LogP contribution in [0.5, 0.6) is 17.2 Å². The van der Waals surface area contributed by atoms with Crippen LogP contribution in [0.15, 0.2) is 36.4 Å². The number of hydrogen-bond donors (Lipinski definition) is 1. The highest BCUT2D eigenvalue weighted by atomic mass is 35.5. The molecule has 1 aliphatic heterocycles. The minimum absolute atomic E-state index is 0.104. The summed E-state index contributed by atoms with van der Waals surface area (Å²) in [5.41, 5.74) is 0.990. The Balaban J connectivity index is 1.85. The minimum Gasteiger partial charge on any atom is -0.492 e. The van der Waals surface area contributed by atoms with Crippen LogP contribution in [-0.4, -0.2) is 19.3 Å². The van der Waals surface area contributed by atoms with Crippen LogP contribution >= 0.6 is 11.6 Å². The number of fused-ring (bicyclic) bond motifs is 1. The standard InChI is InChI=1S/C16H14ClNO4/c1-2-20-13-6-4-3-5-12(13)18-16(19)10-7-11(17)15-14(8-10)21-9-22-15/h3-8H,2,9H2,1H3,(H,18,19). The maximum atomic E-state index is 12.4. The van der Waals surface area contributed by atoms with Gasteiger partial charge in [0.2, 0.25) is 6.79 Å². The Morgan fingerprint density at radius 3 is 2.95 bits per heavy atom. The van der Waals surface area contributed by atoms with Crippen molar-refractivity contribution in [1.82, 2.24) is 0 Å². The number of halogens is 1. The normalized spacial score (nSPS) is 12.1. The number of para-hydroxylation sites is 2. The van der Waals surface area contributed by atoms with Crippen molar-refractivity contribution in [1.29, 1.82) is 0 Å². The predicted octanol–water partition coefficient (Wildman–Crippen LogP) is 3.72. The van der Waals surface area contributed by atoms with Crippen LogP contribution in [0.3, 0.4) is 0 Å². The fourth-order valence-electron chi connectivity index (χ4n) is 2.14. The predicted molar refractivity (Wildman–Crippen MR) is 83.1 cm³/mol. The van der Waals surface area contributed by atoms with Gasteiger partial charge in [0.1, 0.15) is 5.75 Å². The van der Waals surface area contributed by atoms with Crippen molar-refractivity contribution in [2.24, 2.45) is 0 Å². The fourth-order valence-corrected chi connectivity index (χ4v) is 2.41. The number of carbonyl (C=O) groups is 1. The van der Waals surface area contributed by atoms with E-state index in [2.05, 4.69) is 5.32 Å². The number of nitrogens with one attached hydrogen (secondary N) is 1. The SMILES string of the molecule is CCOc1ccccc1NC(=O)c1cc(Cl)c2c(c1)OCO2. The van der Waals surface area contributed by atoms with E-state index in [-0.39, 0.29) is 12.7 Å². The lowest BCUT2D eigenvalue weighted by atomic mass is 10.1. The molecule has 0 atom stereocenters. The molecule has 2 aromatic rings. The van der Waals surface area contributed by atoms with Gasteiger partial charge in [0.05, 0.1) is 17.3 Å². The summed E-state index contributed by atoms with van der Waals surface area (Å²) < 4.78 is 16.0. The second-order valence-corrected chi connectivity index (χ2v) is 4.98. The molecule has 2 aromatic carbocycles. The molecule has 0 aromatic heterocycles. The molecule has 3 rings (SSSR count). The molecule has 0 radical (unpaired) electrons. The molecular weight excluding hydrogens is 306 g/mol. The summed E-state index contributed by atoms with van der Waals surface area (Å²) in [6.45, 7) is 2.51. The zero-order valence-corrected chi connectivity index (χ0v) is 12.6. The Morgan fingerprint density at radius 2 is 2.14 bits per heavy atom. The first-order valence-corrected chi connectivity index (χ1v) is 7.19. The Bertz CT molecular complexity index is 717. The average Bonchev–Trinajstić information content (AvgIpc) is 2.98. The van der Waals surface area contributed by atoms with Gasteiger partial charge in [-0.25, -0.2) is 0 Å². The first-order valence-electron chi connectivity index (χ1n) is 6.81. The van der Waals surface area contributed by atoms with Crippen LogP contribution in [-0.2, 0) is 0 Å². The zero-order valence-electron chi connectivity index (χ0n) is 11.9. The number of hydrogen-bond acceptors (Lipinski definition) is 4. The van der Waals surface area contributed by atoms with E-state index >= 15 is 0 Å². The largest absolute Gasteiger partial charge is 0.492 e. The minimum atomic E-state index is -0.299. The number of rotatable bonds is 4. The van der Waals surface area contributed by atoms with Crippen molar-refractivity contribution in [2.75, 3.05) is 18.7 Å². The van der Waals surface area contributed by atoms with E-state index in [0.717, 1.165) is 0 Å². The third-order valence-electron chi connectivity index (χ3n) is 3.12. The molecule has 0 aliphatic carbocycles. The van der Waals surface area contributed by atoms with Gasteiger partial charge in [-0.1, -0.05) is 23.7 Å². The highest BCUT2D eigenvalue weighted by molar-refractivity contribution is 6.32. The van der Waals surface area contributed by atoms with Gasteiger partial charge < -0.3 is 19.5 Å². The third kappa shape index (κ3) is 2.80. The van der Waals surface area contributed by atoms with Gasteiger partial charge in [0.15, 0.2) is 11.5 Å². The second kappa shape index (κ2) is 6.15. The van der Waals surface area contributed by atoms with Crippen molar-refractivity contribution in [3.8, 4) is 17.2 Å². The van der Waals surface area contributed by atoms with Crippen molar-refractivity contribution < 1.29 is 19.0 Å². The lowest BCUT2D eigenvalue weighted by molar-refractivity contribution is 0.102. The Kier molecular flexibility index (Phi) is 4.06.